The van der Waals surface area contributed by atoms with E-state index in [0.29, 0.717) is 6.61 Å². The molecule has 1 N–H and O–H groups in total. The molecule has 1 aliphatic heterocycles. The molecular weight excluding hydrogens is 244 g/mol. The number of aliphatic hydroxyl groups is 1. The Hall–Kier alpha value is -1.24. The summed E-state index contributed by atoms with van der Waals surface area (Å²) >= 11 is 0. The van der Waals surface area contributed by atoms with Crippen molar-refractivity contribution < 1.29 is 9.84 Å². The van der Waals surface area contributed by atoms with E-state index < -0.39 is 0 Å². The van der Waals surface area contributed by atoms with Crippen LogP contribution in [-0.4, -0.2) is 66.4 Å². The molecule has 0 atom stereocenters. The van der Waals surface area contributed by atoms with E-state index in [1.54, 1.807) is 13.3 Å². The number of hydrogen-bond acceptors (Lipinski definition) is 6. The van der Waals surface area contributed by atoms with Gasteiger partial charge in [-0.15, -0.1) is 0 Å². The molecule has 0 radical (unpaired) electrons. The number of anilines is 1. The topological polar surface area (TPSA) is 61.7 Å². The Morgan fingerprint density at radius 1 is 1.32 bits per heavy atom. The van der Waals surface area contributed by atoms with Crippen molar-refractivity contribution in [2.75, 3.05) is 51.3 Å². The summed E-state index contributed by atoms with van der Waals surface area (Å²) < 4.78 is 5.06. The van der Waals surface area contributed by atoms with Crippen LogP contribution in [0.3, 0.4) is 0 Å². The van der Waals surface area contributed by atoms with Gasteiger partial charge in [-0.1, -0.05) is 0 Å². The monoisotopic (exact) mass is 266 g/mol. The van der Waals surface area contributed by atoms with Gasteiger partial charge in [-0.3, -0.25) is 4.90 Å². The molecule has 1 fully saturated rings. The van der Waals surface area contributed by atoms with Gasteiger partial charge in [-0.05, 0) is 19.0 Å². The highest BCUT2D eigenvalue weighted by molar-refractivity contribution is 5.37. The number of ether oxygens (including phenoxy) is 1. The molecule has 0 unspecified atom stereocenters. The maximum atomic E-state index is 9.00. The van der Waals surface area contributed by atoms with E-state index in [0.717, 1.165) is 50.8 Å². The summed E-state index contributed by atoms with van der Waals surface area (Å²) in [6.07, 6.45) is 2.87. The lowest BCUT2D eigenvalue weighted by Crippen LogP contribution is -2.32. The Bertz CT molecular complexity index is 389. The Balaban J connectivity index is 1.99. The first-order valence-corrected chi connectivity index (χ1v) is 6.72. The molecule has 0 aromatic carbocycles. The minimum Gasteiger partial charge on any atom is -0.395 e. The lowest BCUT2D eigenvalue weighted by molar-refractivity contribution is 0.178. The number of methoxy groups -OCH3 is 1. The van der Waals surface area contributed by atoms with E-state index in [1.165, 1.54) is 0 Å². The van der Waals surface area contributed by atoms with Crippen LogP contribution >= 0.6 is 0 Å². The molecule has 6 heteroatoms. The molecule has 1 aromatic heterocycles. The van der Waals surface area contributed by atoms with Gasteiger partial charge in [0.25, 0.3) is 0 Å². The van der Waals surface area contributed by atoms with Crippen molar-refractivity contribution in [1.82, 2.24) is 14.9 Å². The third kappa shape index (κ3) is 4.12. The molecule has 2 heterocycles. The van der Waals surface area contributed by atoms with Crippen molar-refractivity contribution in [3.8, 4) is 0 Å². The Kier molecular flexibility index (Phi) is 5.50. The average molecular weight is 266 g/mol. The van der Waals surface area contributed by atoms with Crippen LogP contribution < -0.4 is 4.90 Å². The van der Waals surface area contributed by atoms with E-state index in [9.17, 15) is 0 Å². The van der Waals surface area contributed by atoms with Gasteiger partial charge in [0.2, 0.25) is 0 Å². The summed E-state index contributed by atoms with van der Waals surface area (Å²) in [5.41, 5.74) is 0. The van der Waals surface area contributed by atoms with Crippen molar-refractivity contribution in [1.29, 1.82) is 0 Å². The number of nitrogens with zero attached hydrogens (tertiary/aromatic N) is 4. The van der Waals surface area contributed by atoms with Crippen LogP contribution in [0.25, 0.3) is 0 Å². The summed E-state index contributed by atoms with van der Waals surface area (Å²) in [6, 6.07) is 1.95. The predicted octanol–water partition coefficient (Wildman–Crippen LogP) is 0.127. The second-order valence-corrected chi connectivity index (χ2v) is 4.67. The van der Waals surface area contributed by atoms with E-state index in [1.807, 2.05) is 6.07 Å². The zero-order valence-corrected chi connectivity index (χ0v) is 11.5. The number of hydrogen-bond donors (Lipinski definition) is 1. The van der Waals surface area contributed by atoms with Crippen LogP contribution in [-0.2, 0) is 11.3 Å². The summed E-state index contributed by atoms with van der Waals surface area (Å²) in [5.74, 6) is 1.68. The van der Waals surface area contributed by atoms with Crippen molar-refractivity contribution in [3.63, 3.8) is 0 Å². The van der Waals surface area contributed by atoms with Gasteiger partial charge >= 0.3 is 0 Å². The van der Waals surface area contributed by atoms with Crippen LogP contribution in [0.4, 0.5) is 5.82 Å². The van der Waals surface area contributed by atoms with Crippen LogP contribution in [0.1, 0.15) is 12.2 Å². The van der Waals surface area contributed by atoms with Crippen LogP contribution in [0.15, 0.2) is 12.3 Å². The molecule has 0 amide bonds. The van der Waals surface area contributed by atoms with Gasteiger partial charge in [0.15, 0.2) is 5.82 Å². The highest BCUT2D eigenvalue weighted by atomic mass is 16.5. The maximum Gasteiger partial charge on any atom is 0.156 e. The smallest absolute Gasteiger partial charge is 0.156 e. The Morgan fingerprint density at radius 2 is 2.21 bits per heavy atom. The average Bonchev–Trinajstić information content (AvgIpc) is 2.66. The Morgan fingerprint density at radius 3 is 3.00 bits per heavy atom. The first-order chi connectivity index (χ1) is 9.33. The van der Waals surface area contributed by atoms with E-state index in [2.05, 4.69) is 19.8 Å². The van der Waals surface area contributed by atoms with Gasteiger partial charge in [-0.25, -0.2) is 9.97 Å². The first-order valence-electron chi connectivity index (χ1n) is 6.72. The minimum atomic E-state index is 0.228. The van der Waals surface area contributed by atoms with Gasteiger partial charge in [-0.2, -0.15) is 0 Å². The van der Waals surface area contributed by atoms with Gasteiger partial charge in [0, 0.05) is 39.5 Å². The first kappa shape index (κ1) is 14.2. The fourth-order valence-corrected chi connectivity index (χ4v) is 2.33. The minimum absolute atomic E-state index is 0.228. The molecule has 0 aliphatic carbocycles. The van der Waals surface area contributed by atoms with Crippen LogP contribution in [0, 0.1) is 0 Å². The molecule has 1 aromatic rings. The number of β-amino-alcohol motifs (C(OH)–C–C–N with tert-alkyl or cyclic N) is 1. The lowest BCUT2D eigenvalue weighted by Gasteiger charge is -2.22. The SMILES string of the molecule is COCc1nccc(N2CCCN(CCO)CC2)n1. The van der Waals surface area contributed by atoms with Gasteiger partial charge in [0.05, 0.1) is 6.61 Å². The fraction of sp³-hybridized carbons (Fsp3) is 0.692. The molecule has 0 bridgehead atoms. The third-order valence-electron chi connectivity index (χ3n) is 3.29. The van der Waals surface area contributed by atoms with Crippen LogP contribution in [0.5, 0.6) is 0 Å². The van der Waals surface area contributed by atoms with Crippen molar-refractivity contribution >= 4 is 5.82 Å². The number of aromatic nitrogens is 2. The number of rotatable bonds is 5. The highest BCUT2D eigenvalue weighted by Crippen LogP contribution is 2.13. The van der Waals surface area contributed by atoms with Crippen molar-refractivity contribution in [2.24, 2.45) is 0 Å². The summed E-state index contributed by atoms with van der Waals surface area (Å²) in [5, 5.41) is 9.00. The van der Waals surface area contributed by atoms with Crippen molar-refractivity contribution in [2.45, 2.75) is 13.0 Å². The molecule has 19 heavy (non-hydrogen) atoms. The molecule has 2 rings (SSSR count). The van der Waals surface area contributed by atoms with Gasteiger partial charge in [0.1, 0.15) is 12.4 Å². The molecule has 0 saturated carbocycles. The fourth-order valence-electron chi connectivity index (χ4n) is 2.33. The van der Waals surface area contributed by atoms with E-state index in [-0.39, 0.29) is 6.61 Å². The standard InChI is InChI=1S/C13H22N4O2/c1-19-11-12-14-4-3-13(15-12)17-6-2-5-16(7-8-17)9-10-18/h3-4,18H,2,5-11H2,1H3. The van der Waals surface area contributed by atoms with Crippen LogP contribution in [0.2, 0.25) is 0 Å². The molecule has 1 aliphatic rings. The van der Waals surface area contributed by atoms with Crippen molar-refractivity contribution in [3.05, 3.63) is 18.1 Å². The molecule has 106 valence electrons. The van der Waals surface area contributed by atoms with E-state index in [4.69, 9.17) is 9.84 Å². The predicted molar refractivity (Wildman–Crippen MR) is 73.1 cm³/mol. The lowest BCUT2D eigenvalue weighted by atomic mass is 10.3. The zero-order valence-electron chi connectivity index (χ0n) is 11.5. The molecule has 6 nitrogen and oxygen atoms in total. The maximum absolute atomic E-state index is 9.00. The molecule has 1 saturated heterocycles. The second-order valence-electron chi connectivity index (χ2n) is 4.67. The molecular formula is C13H22N4O2. The highest BCUT2D eigenvalue weighted by Gasteiger charge is 2.15. The second kappa shape index (κ2) is 7.37. The van der Waals surface area contributed by atoms with Gasteiger partial charge < -0.3 is 14.7 Å². The molecule has 0 spiro atoms. The zero-order chi connectivity index (χ0) is 13.5. The third-order valence-corrected chi connectivity index (χ3v) is 3.29. The normalized spacial score (nSPS) is 17.5. The quantitative estimate of drug-likeness (QED) is 0.817. The summed E-state index contributed by atoms with van der Waals surface area (Å²) in [7, 11) is 1.65. The van der Waals surface area contributed by atoms with E-state index >= 15 is 0 Å². The number of aliphatic hydroxyl groups excluding tert-OH is 1. The summed E-state index contributed by atoms with van der Waals surface area (Å²) in [4.78, 5) is 13.3. The largest absolute Gasteiger partial charge is 0.395 e. The Labute approximate surface area is 114 Å². The summed E-state index contributed by atoms with van der Waals surface area (Å²) in [6.45, 7) is 5.35.